The molecule has 0 spiro atoms. The predicted molar refractivity (Wildman–Crippen MR) is 77.7 cm³/mol. The van der Waals surface area contributed by atoms with Gasteiger partial charge in [0.2, 0.25) is 10.0 Å². The molecule has 1 unspecified atom stereocenters. The van der Waals surface area contributed by atoms with Crippen molar-refractivity contribution in [2.75, 3.05) is 18.9 Å². The van der Waals surface area contributed by atoms with Gasteiger partial charge in [-0.2, -0.15) is 0 Å². The van der Waals surface area contributed by atoms with Crippen LogP contribution >= 0.6 is 27.5 Å². The molecule has 1 heterocycles. The molecule has 3 N–H and O–H groups in total. The molecule has 0 aromatic heterocycles. The number of nitrogen functional groups attached to an aromatic ring is 1. The number of benzene rings is 1. The molecule has 0 bridgehead atoms. The Morgan fingerprint density at radius 3 is 2.90 bits per heavy atom. The Bertz CT molecular complexity index is 621. The molecule has 1 saturated heterocycles. The van der Waals surface area contributed by atoms with E-state index in [0.29, 0.717) is 6.61 Å². The first kappa shape index (κ1) is 16.0. The second-order valence-corrected chi connectivity index (χ2v) is 7.32. The predicted octanol–water partition coefficient (Wildman–Crippen LogP) is 2.28. The van der Waals surface area contributed by atoms with Crippen molar-refractivity contribution in [3.05, 3.63) is 21.4 Å². The summed E-state index contributed by atoms with van der Waals surface area (Å²) in [5.74, 6) is -1.03. The van der Waals surface area contributed by atoms with Gasteiger partial charge in [-0.25, -0.2) is 17.5 Å². The van der Waals surface area contributed by atoms with Gasteiger partial charge in [-0.05, 0) is 34.8 Å². The minimum atomic E-state index is -4.03. The van der Waals surface area contributed by atoms with Gasteiger partial charge in [-0.1, -0.05) is 11.6 Å². The Kier molecular flexibility index (Phi) is 4.91. The number of hydrogen-bond donors (Lipinski definition) is 2. The maximum Gasteiger partial charge on any atom is 0.243 e. The second kappa shape index (κ2) is 6.15. The highest BCUT2D eigenvalue weighted by atomic mass is 79.9. The van der Waals surface area contributed by atoms with Crippen LogP contribution in [-0.2, 0) is 14.8 Å². The average molecular weight is 388 g/mol. The van der Waals surface area contributed by atoms with Crippen LogP contribution in [0.2, 0.25) is 5.02 Å². The van der Waals surface area contributed by atoms with Crippen LogP contribution in [0.3, 0.4) is 0 Å². The lowest BCUT2D eigenvalue weighted by Gasteiger charge is -2.13. The lowest BCUT2D eigenvalue weighted by Crippen LogP contribution is -2.32. The first-order valence-electron chi connectivity index (χ1n) is 5.87. The van der Waals surface area contributed by atoms with Crippen LogP contribution in [0.4, 0.5) is 10.1 Å². The third kappa shape index (κ3) is 3.25. The highest BCUT2D eigenvalue weighted by Crippen LogP contribution is 2.34. The third-order valence-electron chi connectivity index (χ3n) is 2.97. The highest BCUT2D eigenvalue weighted by Gasteiger charge is 2.26. The smallest absolute Gasteiger partial charge is 0.243 e. The molecular weight excluding hydrogens is 375 g/mol. The van der Waals surface area contributed by atoms with E-state index in [-0.39, 0.29) is 27.8 Å². The number of ether oxygens (including phenoxy) is 1. The molecule has 0 radical (unpaired) electrons. The number of hydrogen-bond acceptors (Lipinski definition) is 4. The molecule has 5 nitrogen and oxygen atoms in total. The molecular formula is C11H13BrClFN2O3S. The number of anilines is 1. The molecule has 1 aliphatic rings. The molecule has 1 aromatic rings. The quantitative estimate of drug-likeness (QED) is 0.613. The van der Waals surface area contributed by atoms with Crippen molar-refractivity contribution in [1.29, 1.82) is 0 Å². The Balaban J connectivity index is 2.25. The van der Waals surface area contributed by atoms with Gasteiger partial charge in [0.15, 0.2) is 5.82 Å². The average Bonchev–Trinajstić information content (AvgIpc) is 2.91. The molecule has 1 aliphatic heterocycles. The fourth-order valence-electron chi connectivity index (χ4n) is 1.88. The van der Waals surface area contributed by atoms with Crippen LogP contribution in [0.15, 0.2) is 15.4 Å². The van der Waals surface area contributed by atoms with Crippen molar-refractivity contribution < 1.29 is 17.5 Å². The number of nitrogens with two attached hydrogens (primary N) is 1. The van der Waals surface area contributed by atoms with E-state index < -0.39 is 20.7 Å². The van der Waals surface area contributed by atoms with Gasteiger partial charge in [0.25, 0.3) is 0 Å². The summed E-state index contributed by atoms with van der Waals surface area (Å²) in [5.41, 5.74) is 5.14. The molecule has 0 aliphatic carbocycles. The molecule has 1 atom stereocenters. The van der Waals surface area contributed by atoms with Gasteiger partial charge < -0.3 is 10.5 Å². The van der Waals surface area contributed by atoms with Crippen molar-refractivity contribution in [1.82, 2.24) is 4.72 Å². The third-order valence-corrected chi connectivity index (χ3v) is 5.77. The summed E-state index contributed by atoms with van der Waals surface area (Å²) >= 11 is 8.81. The molecule has 112 valence electrons. The van der Waals surface area contributed by atoms with Gasteiger partial charge in [0, 0.05) is 13.2 Å². The van der Waals surface area contributed by atoms with Gasteiger partial charge in [-0.3, -0.25) is 0 Å². The van der Waals surface area contributed by atoms with Crippen LogP contribution in [-0.4, -0.2) is 27.7 Å². The van der Waals surface area contributed by atoms with E-state index >= 15 is 0 Å². The standard InChI is InChI=1S/C11H13BrClFN2O3S/c12-9-7(13)4-8(10(14)11(9)15)20(17,18)16-5-6-2-1-3-19-6/h4,6,16H,1-3,5,15H2. The van der Waals surface area contributed by atoms with Crippen LogP contribution < -0.4 is 10.5 Å². The number of halogens is 3. The van der Waals surface area contributed by atoms with E-state index in [1.165, 1.54) is 0 Å². The summed E-state index contributed by atoms with van der Waals surface area (Å²) < 4.78 is 45.9. The van der Waals surface area contributed by atoms with Gasteiger partial charge in [0.05, 0.1) is 21.3 Å². The van der Waals surface area contributed by atoms with E-state index in [9.17, 15) is 12.8 Å². The first-order valence-corrected chi connectivity index (χ1v) is 8.52. The lowest BCUT2D eigenvalue weighted by molar-refractivity contribution is 0.114. The van der Waals surface area contributed by atoms with Gasteiger partial charge in [-0.15, -0.1) is 0 Å². The minimum absolute atomic E-state index is 0.0291. The summed E-state index contributed by atoms with van der Waals surface area (Å²) in [6.45, 7) is 0.702. The topological polar surface area (TPSA) is 81.4 Å². The van der Waals surface area contributed by atoms with Crippen molar-refractivity contribution in [3.8, 4) is 0 Å². The highest BCUT2D eigenvalue weighted by molar-refractivity contribution is 9.10. The van der Waals surface area contributed by atoms with Crippen LogP contribution in [0, 0.1) is 5.82 Å². The Morgan fingerprint density at radius 2 is 2.30 bits per heavy atom. The van der Waals surface area contributed by atoms with E-state index in [1.807, 2.05) is 0 Å². The van der Waals surface area contributed by atoms with E-state index in [0.717, 1.165) is 18.9 Å². The van der Waals surface area contributed by atoms with Crippen molar-refractivity contribution in [2.24, 2.45) is 0 Å². The van der Waals surface area contributed by atoms with Crippen LogP contribution in [0.25, 0.3) is 0 Å². The van der Waals surface area contributed by atoms with E-state index in [1.54, 1.807) is 0 Å². The fraction of sp³-hybridized carbons (Fsp3) is 0.455. The summed E-state index contributed by atoms with van der Waals surface area (Å²) in [6.07, 6.45) is 1.47. The lowest BCUT2D eigenvalue weighted by atomic mass is 10.2. The van der Waals surface area contributed by atoms with E-state index in [2.05, 4.69) is 20.7 Å². The maximum atomic E-state index is 14.0. The largest absolute Gasteiger partial charge is 0.395 e. The van der Waals surface area contributed by atoms with Crippen molar-refractivity contribution in [2.45, 2.75) is 23.8 Å². The molecule has 2 rings (SSSR count). The monoisotopic (exact) mass is 386 g/mol. The zero-order chi connectivity index (χ0) is 14.9. The maximum absolute atomic E-state index is 14.0. The number of rotatable bonds is 4. The Morgan fingerprint density at radius 1 is 1.60 bits per heavy atom. The molecule has 9 heteroatoms. The van der Waals surface area contributed by atoms with Gasteiger partial charge >= 0.3 is 0 Å². The summed E-state index contributed by atoms with van der Waals surface area (Å²) in [4.78, 5) is -0.568. The number of sulfonamides is 1. The molecule has 0 amide bonds. The summed E-state index contributed by atoms with van der Waals surface area (Å²) in [7, 11) is -4.03. The molecule has 1 fully saturated rings. The Hall–Kier alpha value is -0.410. The van der Waals surface area contributed by atoms with Crippen LogP contribution in [0.1, 0.15) is 12.8 Å². The molecule has 20 heavy (non-hydrogen) atoms. The SMILES string of the molecule is Nc1c(F)c(S(=O)(=O)NCC2CCCO2)cc(Cl)c1Br. The molecule has 0 saturated carbocycles. The summed E-state index contributed by atoms with van der Waals surface area (Å²) in [5, 5.41) is 0.0291. The van der Waals surface area contributed by atoms with Crippen LogP contribution in [0.5, 0.6) is 0 Å². The second-order valence-electron chi connectivity index (χ2n) is 4.39. The first-order chi connectivity index (χ1) is 9.33. The zero-order valence-corrected chi connectivity index (χ0v) is 13.5. The van der Waals surface area contributed by atoms with Crippen molar-refractivity contribution >= 4 is 43.2 Å². The molecule has 1 aromatic carbocycles. The normalized spacial score (nSPS) is 19.4. The van der Waals surface area contributed by atoms with Crippen molar-refractivity contribution in [3.63, 3.8) is 0 Å². The fourth-order valence-corrected chi connectivity index (χ4v) is 3.62. The van der Waals surface area contributed by atoms with E-state index in [4.69, 9.17) is 22.1 Å². The minimum Gasteiger partial charge on any atom is -0.395 e. The van der Waals surface area contributed by atoms with Gasteiger partial charge in [0.1, 0.15) is 4.90 Å². The number of nitrogens with one attached hydrogen (secondary N) is 1. The Labute approximate surface area is 129 Å². The summed E-state index contributed by atoms with van der Waals surface area (Å²) in [6, 6.07) is 1.02. The zero-order valence-electron chi connectivity index (χ0n) is 10.3.